The maximum absolute atomic E-state index is 13.2. The molecular formula is C27H32N4O6S2. The van der Waals surface area contributed by atoms with Crippen LogP contribution in [0.5, 0.6) is 0 Å². The number of amides is 2. The van der Waals surface area contributed by atoms with Gasteiger partial charge < -0.3 is 14.6 Å². The van der Waals surface area contributed by atoms with Gasteiger partial charge in [0.05, 0.1) is 21.7 Å². The van der Waals surface area contributed by atoms with Crippen LogP contribution in [0.4, 0.5) is 5.69 Å². The first kappa shape index (κ1) is 28.7. The lowest BCUT2D eigenvalue weighted by atomic mass is 9.94. The molecule has 0 bridgehead atoms. The largest absolute Gasteiger partial charge is 0.465 e. The summed E-state index contributed by atoms with van der Waals surface area (Å²) < 4.78 is 35.3. The van der Waals surface area contributed by atoms with Gasteiger partial charge in [-0.3, -0.25) is 14.4 Å². The van der Waals surface area contributed by atoms with E-state index in [0.29, 0.717) is 29.0 Å². The number of piperidine rings is 1. The number of carbonyl (C=O) groups is 3. The SMILES string of the molecule is CCOC(=O)Cn1c(=NC(=O)c2ccc(S(=O)(=O)N3CC(C)CC(C)C3)cc2)sc2cc(NC(C)=O)ccc21. The normalized spacial score (nSPS) is 18.7. The lowest BCUT2D eigenvalue weighted by Gasteiger charge is -2.34. The number of fused-ring (bicyclic) bond motifs is 1. The molecule has 2 unspecified atom stereocenters. The van der Waals surface area contributed by atoms with Gasteiger partial charge in [-0.2, -0.15) is 9.30 Å². The summed E-state index contributed by atoms with van der Waals surface area (Å²) in [6.45, 7) is 8.21. The number of nitrogens with zero attached hydrogens (tertiary/aromatic N) is 3. The Morgan fingerprint density at radius 2 is 1.74 bits per heavy atom. The van der Waals surface area contributed by atoms with Gasteiger partial charge in [0, 0.05) is 31.3 Å². The molecular weight excluding hydrogens is 540 g/mol. The number of nitrogens with one attached hydrogen (secondary N) is 1. The summed E-state index contributed by atoms with van der Waals surface area (Å²) in [7, 11) is -3.68. The van der Waals surface area contributed by atoms with E-state index in [1.807, 2.05) is 13.8 Å². The lowest BCUT2D eigenvalue weighted by Crippen LogP contribution is -2.42. The Morgan fingerprint density at radius 1 is 1.08 bits per heavy atom. The van der Waals surface area contributed by atoms with E-state index >= 15 is 0 Å². The molecule has 12 heteroatoms. The zero-order chi connectivity index (χ0) is 28.3. The molecule has 1 aromatic heterocycles. The van der Waals surface area contributed by atoms with Gasteiger partial charge in [-0.25, -0.2) is 8.42 Å². The number of anilines is 1. The number of sulfonamides is 1. The molecule has 2 aromatic carbocycles. The highest BCUT2D eigenvalue weighted by molar-refractivity contribution is 7.89. The molecule has 1 fully saturated rings. The van der Waals surface area contributed by atoms with Crippen LogP contribution in [0.3, 0.4) is 0 Å². The first-order valence-electron chi connectivity index (χ1n) is 12.7. The number of thiazole rings is 1. The van der Waals surface area contributed by atoms with E-state index in [0.717, 1.165) is 6.42 Å². The fourth-order valence-electron chi connectivity index (χ4n) is 4.80. The third-order valence-electron chi connectivity index (χ3n) is 6.37. The molecule has 2 atom stereocenters. The Hall–Kier alpha value is -3.35. The Balaban J connectivity index is 1.66. The molecule has 1 saturated heterocycles. The van der Waals surface area contributed by atoms with Gasteiger partial charge in [0.15, 0.2) is 4.80 Å². The number of benzene rings is 2. The van der Waals surface area contributed by atoms with Crippen molar-refractivity contribution in [3.8, 4) is 0 Å². The summed E-state index contributed by atoms with van der Waals surface area (Å²) in [5.41, 5.74) is 1.44. The minimum atomic E-state index is -3.68. The molecule has 2 heterocycles. The molecule has 0 spiro atoms. The van der Waals surface area contributed by atoms with E-state index in [2.05, 4.69) is 10.3 Å². The van der Waals surface area contributed by atoms with Crippen molar-refractivity contribution in [3.05, 3.63) is 52.8 Å². The van der Waals surface area contributed by atoms with E-state index in [9.17, 15) is 22.8 Å². The summed E-state index contributed by atoms with van der Waals surface area (Å²) in [6, 6.07) is 10.9. The van der Waals surface area contributed by atoms with Crippen LogP contribution in [0.2, 0.25) is 0 Å². The van der Waals surface area contributed by atoms with Gasteiger partial charge in [0.25, 0.3) is 5.91 Å². The topological polar surface area (TPSA) is 127 Å². The van der Waals surface area contributed by atoms with E-state index in [4.69, 9.17) is 4.74 Å². The van der Waals surface area contributed by atoms with Crippen molar-refractivity contribution in [2.24, 2.45) is 16.8 Å². The van der Waals surface area contributed by atoms with Crippen LogP contribution in [-0.2, 0) is 30.9 Å². The van der Waals surface area contributed by atoms with E-state index < -0.39 is 21.9 Å². The molecule has 1 N–H and O–H groups in total. The molecule has 4 rings (SSSR count). The van der Waals surface area contributed by atoms with Crippen molar-refractivity contribution < 1.29 is 27.5 Å². The average Bonchev–Trinajstić information content (AvgIpc) is 3.19. The number of aromatic nitrogens is 1. The van der Waals surface area contributed by atoms with Gasteiger partial charge in [-0.05, 0) is 67.6 Å². The Morgan fingerprint density at radius 3 is 2.36 bits per heavy atom. The number of hydrogen-bond acceptors (Lipinski definition) is 7. The van der Waals surface area contributed by atoms with Crippen molar-refractivity contribution in [2.75, 3.05) is 25.0 Å². The van der Waals surface area contributed by atoms with Gasteiger partial charge in [0.1, 0.15) is 6.54 Å². The summed E-state index contributed by atoms with van der Waals surface area (Å²) in [5, 5.41) is 2.72. The van der Waals surface area contributed by atoms with Crippen molar-refractivity contribution in [2.45, 2.75) is 45.6 Å². The predicted octanol–water partition coefficient (Wildman–Crippen LogP) is 3.63. The van der Waals surface area contributed by atoms with E-state index in [-0.39, 0.29) is 46.2 Å². The molecule has 0 saturated carbocycles. The first-order valence-corrected chi connectivity index (χ1v) is 15.0. The van der Waals surface area contributed by atoms with E-state index in [1.54, 1.807) is 29.7 Å². The third-order valence-corrected chi connectivity index (χ3v) is 9.25. The Labute approximate surface area is 231 Å². The van der Waals surface area contributed by atoms with Crippen molar-refractivity contribution in [1.29, 1.82) is 0 Å². The maximum atomic E-state index is 13.2. The number of carbonyl (C=O) groups excluding carboxylic acids is 3. The Bertz CT molecular complexity index is 1560. The molecule has 39 heavy (non-hydrogen) atoms. The molecule has 10 nitrogen and oxygen atoms in total. The number of ether oxygens (including phenoxy) is 1. The first-order chi connectivity index (χ1) is 18.5. The quantitative estimate of drug-likeness (QED) is 0.431. The smallest absolute Gasteiger partial charge is 0.326 e. The average molecular weight is 573 g/mol. The van der Waals surface area contributed by atoms with Crippen molar-refractivity contribution in [3.63, 3.8) is 0 Å². The fraction of sp³-hybridized carbons (Fsp3) is 0.407. The van der Waals surface area contributed by atoms with Crippen LogP contribution in [0.25, 0.3) is 10.2 Å². The molecule has 0 radical (unpaired) electrons. The van der Waals surface area contributed by atoms with E-state index in [1.165, 1.54) is 46.8 Å². The van der Waals surface area contributed by atoms with Gasteiger partial charge in [-0.15, -0.1) is 0 Å². The monoisotopic (exact) mass is 572 g/mol. The zero-order valence-corrected chi connectivity index (χ0v) is 24.0. The predicted molar refractivity (Wildman–Crippen MR) is 149 cm³/mol. The minimum absolute atomic E-state index is 0.130. The molecule has 1 aliphatic heterocycles. The number of hydrogen-bond donors (Lipinski definition) is 1. The summed E-state index contributed by atoms with van der Waals surface area (Å²) >= 11 is 1.19. The van der Waals surface area contributed by atoms with Crippen molar-refractivity contribution in [1.82, 2.24) is 8.87 Å². The number of esters is 1. The summed E-state index contributed by atoms with van der Waals surface area (Å²) in [6.07, 6.45) is 0.989. The van der Waals surface area contributed by atoms with Crippen LogP contribution in [0, 0.1) is 11.8 Å². The standard InChI is InChI=1S/C27H32N4O6S2/c1-5-37-25(33)16-31-23-11-8-21(28-19(4)32)13-24(23)38-27(31)29-26(34)20-6-9-22(10-7-20)39(35,36)30-14-17(2)12-18(3)15-30/h6-11,13,17-18H,5,12,14-16H2,1-4H3,(H,28,32). The van der Waals surface area contributed by atoms with Crippen LogP contribution in [-0.4, -0.2) is 54.8 Å². The molecule has 208 valence electrons. The van der Waals surface area contributed by atoms with Gasteiger partial charge in [0.2, 0.25) is 15.9 Å². The second-order valence-corrected chi connectivity index (χ2v) is 12.8. The highest BCUT2D eigenvalue weighted by Gasteiger charge is 2.31. The van der Waals surface area contributed by atoms with Crippen LogP contribution in [0.1, 0.15) is 44.5 Å². The van der Waals surface area contributed by atoms with Gasteiger partial charge >= 0.3 is 5.97 Å². The second-order valence-electron chi connectivity index (χ2n) is 9.85. The highest BCUT2D eigenvalue weighted by atomic mass is 32.2. The molecule has 3 aromatic rings. The molecule has 1 aliphatic rings. The zero-order valence-electron chi connectivity index (χ0n) is 22.3. The highest BCUT2D eigenvalue weighted by Crippen LogP contribution is 2.27. The third kappa shape index (κ3) is 6.63. The maximum Gasteiger partial charge on any atom is 0.326 e. The minimum Gasteiger partial charge on any atom is -0.465 e. The number of rotatable bonds is 7. The van der Waals surface area contributed by atoms with Crippen molar-refractivity contribution >= 4 is 55.0 Å². The second kappa shape index (κ2) is 11.8. The van der Waals surface area contributed by atoms with Crippen LogP contribution in [0.15, 0.2) is 52.4 Å². The van der Waals surface area contributed by atoms with Crippen LogP contribution < -0.4 is 10.1 Å². The van der Waals surface area contributed by atoms with Crippen LogP contribution >= 0.6 is 11.3 Å². The summed E-state index contributed by atoms with van der Waals surface area (Å²) in [4.78, 5) is 41.5. The summed E-state index contributed by atoms with van der Waals surface area (Å²) in [5.74, 6) is -0.723. The molecule has 2 amide bonds. The Kier molecular flexibility index (Phi) is 8.67. The lowest BCUT2D eigenvalue weighted by molar-refractivity contribution is -0.143. The fourth-order valence-corrected chi connectivity index (χ4v) is 7.55. The van der Waals surface area contributed by atoms with Gasteiger partial charge in [-0.1, -0.05) is 25.2 Å². The molecule has 0 aliphatic carbocycles.